The Hall–Kier alpha value is -3.64. The largest absolute Gasteiger partial charge is 0.356 e. The predicted octanol–water partition coefficient (Wildman–Crippen LogP) is 3.61. The van der Waals surface area contributed by atoms with Crippen LogP contribution >= 0.6 is 11.6 Å². The fraction of sp³-hybridized carbons (Fsp3) is 0.192. The molecule has 1 N–H and O–H groups in total. The Morgan fingerprint density at radius 1 is 0.848 bits per heavy atom. The quantitative estimate of drug-likeness (QED) is 0.435. The van der Waals surface area contributed by atoms with Crippen molar-refractivity contribution >= 4 is 28.4 Å². The molecule has 1 heterocycles. The van der Waals surface area contributed by atoms with Crippen LogP contribution in [0.1, 0.15) is 17.5 Å². The highest BCUT2D eigenvalue weighted by Gasteiger charge is 2.14. The van der Waals surface area contributed by atoms with E-state index in [1.165, 1.54) is 0 Å². The third kappa shape index (κ3) is 5.41. The summed E-state index contributed by atoms with van der Waals surface area (Å²) in [5, 5.41) is 3.87. The van der Waals surface area contributed by atoms with Crippen molar-refractivity contribution in [3.05, 3.63) is 116 Å². The third-order valence-corrected chi connectivity index (χ3v) is 5.74. The molecule has 0 bridgehead atoms. The van der Waals surface area contributed by atoms with Crippen molar-refractivity contribution in [2.45, 2.75) is 25.9 Å². The predicted molar refractivity (Wildman–Crippen MR) is 131 cm³/mol. The summed E-state index contributed by atoms with van der Waals surface area (Å²) >= 11 is 6.10. The van der Waals surface area contributed by atoms with Crippen molar-refractivity contribution in [3.63, 3.8) is 0 Å². The molecule has 0 atom stereocenters. The van der Waals surface area contributed by atoms with E-state index in [2.05, 4.69) is 5.32 Å². The monoisotopic (exact) mass is 461 g/mol. The fourth-order valence-corrected chi connectivity index (χ4v) is 4.04. The molecule has 0 saturated carbocycles. The first kappa shape index (κ1) is 22.6. The maximum absolute atomic E-state index is 13.3. The third-order valence-electron chi connectivity index (χ3n) is 5.50. The first-order chi connectivity index (χ1) is 16.0. The standard InChI is InChI=1S/C26H24ClN3O3/c27-21-10-6-9-20(17-21)18-30-23-12-5-4-11-22(23)25(32)29(26(30)33)16-14-24(31)28-15-13-19-7-2-1-3-8-19/h1-12,17H,13-16,18H2,(H,28,31). The number of carbonyl (C=O) groups excluding carboxylic acids is 1. The molecular weight excluding hydrogens is 438 g/mol. The van der Waals surface area contributed by atoms with E-state index in [0.29, 0.717) is 22.5 Å². The van der Waals surface area contributed by atoms with E-state index in [1.807, 2.05) is 42.5 Å². The SMILES string of the molecule is O=C(CCn1c(=O)c2ccccc2n(Cc2cccc(Cl)c2)c1=O)NCCc1ccccc1. The van der Waals surface area contributed by atoms with Crippen LogP contribution in [-0.4, -0.2) is 21.6 Å². The van der Waals surface area contributed by atoms with Crippen LogP contribution in [0, 0.1) is 0 Å². The van der Waals surface area contributed by atoms with Gasteiger partial charge < -0.3 is 5.32 Å². The van der Waals surface area contributed by atoms with Crippen LogP contribution in [0.3, 0.4) is 0 Å². The molecule has 168 valence electrons. The lowest BCUT2D eigenvalue weighted by Gasteiger charge is -2.14. The summed E-state index contributed by atoms with van der Waals surface area (Å²) < 4.78 is 2.69. The van der Waals surface area contributed by atoms with Crippen molar-refractivity contribution in [1.29, 1.82) is 0 Å². The molecular formula is C26H24ClN3O3. The molecule has 7 heteroatoms. The molecule has 0 aliphatic heterocycles. The number of fused-ring (bicyclic) bond motifs is 1. The van der Waals surface area contributed by atoms with Gasteiger partial charge in [0.05, 0.1) is 17.4 Å². The number of carbonyl (C=O) groups is 1. The van der Waals surface area contributed by atoms with E-state index in [1.54, 1.807) is 41.0 Å². The van der Waals surface area contributed by atoms with Gasteiger partial charge in [-0.2, -0.15) is 0 Å². The molecule has 3 aromatic carbocycles. The minimum absolute atomic E-state index is 0.00914. The van der Waals surface area contributed by atoms with E-state index in [-0.39, 0.29) is 25.4 Å². The average molecular weight is 462 g/mol. The number of aromatic nitrogens is 2. The second-order valence-electron chi connectivity index (χ2n) is 7.81. The second-order valence-corrected chi connectivity index (χ2v) is 8.24. The minimum atomic E-state index is -0.448. The number of hydrogen-bond donors (Lipinski definition) is 1. The molecule has 0 radical (unpaired) electrons. The molecule has 0 aliphatic carbocycles. The van der Waals surface area contributed by atoms with Crippen LogP contribution in [0.4, 0.5) is 0 Å². The van der Waals surface area contributed by atoms with Crippen LogP contribution in [0.15, 0.2) is 88.5 Å². The van der Waals surface area contributed by atoms with Gasteiger partial charge in [0.25, 0.3) is 5.56 Å². The van der Waals surface area contributed by atoms with Gasteiger partial charge in [-0.3, -0.25) is 18.7 Å². The maximum atomic E-state index is 13.3. The summed E-state index contributed by atoms with van der Waals surface area (Å²) in [4.78, 5) is 38.6. The van der Waals surface area contributed by atoms with Crippen LogP contribution < -0.4 is 16.6 Å². The molecule has 33 heavy (non-hydrogen) atoms. The van der Waals surface area contributed by atoms with Crippen LogP contribution in [0.2, 0.25) is 5.02 Å². The Kier molecular flexibility index (Phi) is 7.05. The summed E-state index contributed by atoms with van der Waals surface area (Å²) in [6.07, 6.45) is 0.758. The number of halogens is 1. The minimum Gasteiger partial charge on any atom is -0.356 e. The molecule has 4 aromatic rings. The number of amides is 1. The first-order valence-electron chi connectivity index (χ1n) is 10.8. The summed E-state index contributed by atoms with van der Waals surface area (Å²) in [7, 11) is 0. The van der Waals surface area contributed by atoms with Crippen molar-refractivity contribution in [2.24, 2.45) is 0 Å². The molecule has 0 spiro atoms. The number of para-hydroxylation sites is 1. The Labute approximate surface area is 196 Å². The lowest BCUT2D eigenvalue weighted by atomic mass is 10.1. The van der Waals surface area contributed by atoms with Gasteiger partial charge in [0, 0.05) is 24.5 Å². The molecule has 1 aromatic heterocycles. The van der Waals surface area contributed by atoms with Crippen LogP contribution in [0.25, 0.3) is 10.9 Å². The smallest absolute Gasteiger partial charge is 0.331 e. The van der Waals surface area contributed by atoms with Gasteiger partial charge in [-0.15, -0.1) is 0 Å². The Morgan fingerprint density at radius 3 is 2.36 bits per heavy atom. The van der Waals surface area contributed by atoms with E-state index in [9.17, 15) is 14.4 Å². The lowest BCUT2D eigenvalue weighted by molar-refractivity contribution is -0.121. The van der Waals surface area contributed by atoms with Crippen molar-refractivity contribution in [3.8, 4) is 0 Å². The Balaban J connectivity index is 1.54. The molecule has 0 saturated heterocycles. The summed E-state index contributed by atoms with van der Waals surface area (Å²) in [6, 6.07) is 24.1. The Morgan fingerprint density at radius 2 is 1.58 bits per heavy atom. The molecule has 0 fully saturated rings. The highest BCUT2D eigenvalue weighted by molar-refractivity contribution is 6.30. The highest BCUT2D eigenvalue weighted by Crippen LogP contribution is 2.14. The van der Waals surface area contributed by atoms with Gasteiger partial charge in [-0.1, -0.05) is 66.2 Å². The first-order valence-corrected chi connectivity index (χ1v) is 11.2. The zero-order chi connectivity index (χ0) is 23.2. The van der Waals surface area contributed by atoms with Gasteiger partial charge in [0.15, 0.2) is 0 Å². The van der Waals surface area contributed by atoms with Gasteiger partial charge >= 0.3 is 5.69 Å². The Bertz CT molecular complexity index is 1390. The number of nitrogens with zero attached hydrogens (tertiary/aromatic N) is 2. The van der Waals surface area contributed by atoms with Crippen molar-refractivity contribution in [2.75, 3.05) is 6.54 Å². The van der Waals surface area contributed by atoms with Crippen molar-refractivity contribution in [1.82, 2.24) is 14.5 Å². The summed E-state index contributed by atoms with van der Waals surface area (Å²) in [5.74, 6) is -0.202. The summed E-state index contributed by atoms with van der Waals surface area (Å²) in [5.41, 5.74) is 1.69. The molecule has 0 aliphatic rings. The number of nitrogens with one attached hydrogen (secondary N) is 1. The molecule has 1 amide bonds. The lowest BCUT2D eigenvalue weighted by Crippen LogP contribution is -2.41. The number of benzene rings is 3. The van der Waals surface area contributed by atoms with E-state index in [4.69, 9.17) is 11.6 Å². The fourth-order valence-electron chi connectivity index (χ4n) is 3.83. The van der Waals surface area contributed by atoms with Crippen LogP contribution in [-0.2, 0) is 24.3 Å². The van der Waals surface area contributed by atoms with Gasteiger partial charge in [0.2, 0.25) is 5.91 Å². The zero-order valence-electron chi connectivity index (χ0n) is 18.0. The zero-order valence-corrected chi connectivity index (χ0v) is 18.8. The van der Waals surface area contributed by atoms with E-state index in [0.717, 1.165) is 22.1 Å². The average Bonchev–Trinajstić information content (AvgIpc) is 2.82. The van der Waals surface area contributed by atoms with Crippen LogP contribution in [0.5, 0.6) is 0 Å². The second kappa shape index (κ2) is 10.3. The summed E-state index contributed by atoms with van der Waals surface area (Å²) in [6.45, 7) is 0.771. The molecule has 6 nitrogen and oxygen atoms in total. The van der Waals surface area contributed by atoms with Crippen molar-refractivity contribution < 1.29 is 4.79 Å². The normalized spacial score (nSPS) is 10.9. The number of rotatable bonds is 8. The van der Waals surface area contributed by atoms with Gasteiger partial charge in [0.1, 0.15) is 0 Å². The van der Waals surface area contributed by atoms with Gasteiger partial charge in [-0.05, 0) is 41.8 Å². The van der Waals surface area contributed by atoms with Gasteiger partial charge in [-0.25, -0.2) is 4.79 Å². The number of hydrogen-bond acceptors (Lipinski definition) is 3. The van der Waals surface area contributed by atoms with E-state index >= 15 is 0 Å². The maximum Gasteiger partial charge on any atom is 0.331 e. The molecule has 4 rings (SSSR count). The topological polar surface area (TPSA) is 73.1 Å². The highest BCUT2D eigenvalue weighted by atomic mass is 35.5. The van der Waals surface area contributed by atoms with E-state index < -0.39 is 11.2 Å². The molecule has 0 unspecified atom stereocenters.